The molecular weight excluding hydrogens is 392 g/mol. The highest BCUT2D eigenvalue weighted by Crippen LogP contribution is 2.27. The average molecular weight is 415 g/mol. The van der Waals surface area contributed by atoms with Crippen molar-refractivity contribution < 1.29 is 0 Å². The van der Waals surface area contributed by atoms with Gasteiger partial charge in [0.1, 0.15) is 5.82 Å². The van der Waals surface area contributed by atoms with Crippen molar-refractivity contribution >= 4 is 23.1 Å². The first-order chi connectivity index (χ1) is 15.7. The van der Waals surface area contributed by atoms with Gasteiger partial charge in [-0.05, 0) is 42.3 Å². The Kier molecular flexibility index (Phi) is 5.22. The minimum atomic E-state index is -0.0729. The Morgan fingerprint density at radius 3 is 2.22 bits per heavy atom. The van der Waals surface area contributed by atoms with Crippen LogP contribution >= 0.6 is 0 Å². The third-order valence-electron chi connectivity index (χ3n) is 5.52. The molecule has 0 atom stereocenters. The van der Waals surface area contributed by atoms with Crippen molar-refractivity contribution in [2.45, 2.75) is 6.92 Å². The van der Waals surface area contributed by atoms with Crippen LogP contribution in [-0.4, -0.2) is 9.55 Å². The number of aryl methyl sites for hydroxylation is 1. The molecule has 0 unspecified atom stereocenters. The lowest BCUT2D eigenvalue weighted by molar-refractivity contribution is 0.974. The van der Waals surface area contributed by atoms with Crippen LogP contribution in [0, 0.1) is 6.92 Å². The van der Waals surface area contributed by atoms with Gasteiger partial charge in [-0.1, -0.05) is 96.6 Å². The van der Waals surface area contributed by atoms with E-state index in [2.05, 4.69) is 30.4 Å². The van der Waals surface area contributed by atoms with Crippen molar-refractivity contribution in [1.82, 2.24) is 9.55 Å². The highest BCUT2D eigenvalue weighted by Gasteiger charge is 2.16. The smallest absolute Gasteiger partial charge is 0.266 e. The molecule has 1 heterocycles. The van der Waals surface area contributed by atoms with E-state index >= 15 is 0 Å². The van der Waals surface area contributed by atoms with Gasteiger partial charge in [0.2, 0.25) is 0 Å². The fourth-order valence-corrected chi connectivity index (χ4v) is 3.84. The number of para-hydroxylation sites is 1. The van der Waals surface area contributed by atoms with Crippen LogP contribution in [0.3, 0.4) is 0 Å². The van der Waals surface area contributed by atoms with E-state index in [1.165, 1.54) is 0 Å². The molecular formula is C29H22N2O. The van der Waals surface area contributed by atoms with Gasteiger partial charge in [-0.3, -0.25) is 9.36 Å². The van der Waals surface area contributed by atoms with Crippen LogP contribution in [0.1, 0.15) is 16.7 Å². The Morgan fingerprint density at radius 2 is 1.41 bits per heavy atom. The largest absolute Gasteiger partial charge is 0.268 e. The Labute approximate surface area is 187 Å². The van der Waals surface area contributed by atoms with Gasteiger partial charge in [0.15, 0.2) is 0 Å². The summed E-state index contributed by atoms with van der Waals surface area (Å²) in [5.74, 6) is 0.630. The van der Waals surface area contributed by atoms with E-state index in [1.54, 1.807) is 4.57 Å². The molecule has 3 nitrogen and oxygen atoms in total. The van der Waals surface area contributed by atoms with Crippen molar-refractivity contribution in [2.75, 3.05) is 0 Å². The molecule has 0 bridgehead atoms. The lowest BCUT2D eigenvalue weighted by atomic mass is 10.0. The summed E-state index contributed by atoms with van der Waals surface area (Å²) in [5.41, 5.74) is 5.58. The van der Waals surface area contributed by atoms with Gasteiger partial charge in [-0.25, -0.2) is 4.98 Å². The van der Waals surface area contributed by atoms with Gasteiger partial charge < -0.3 is 0 Å². The third kappa shape index (κ3) is 3.77. The van der Waals surface area contributed by atoms with Gasteiger partial charge in [0, 0.05) is 5.56 Å². The molecule has 0 aliphatic rings. The molecule has 0 saturated heterocycles. The maximum atomic E-state index is 13.6. The molecule has 0 aliphatic carbocycles. The molecule has 0 fully saturated rings. The summed E-state index contributed by atoms with van der Waals surface area (Å²) >= 11 is 0. The summed E-state index contributed by atoms with van der Waals surface area (Å²) in [4.78, 5) is 18.6. The number of nitrogens with zero attached hydrogens (tertiary/aromatic N) is 2. The van der Waals surface area contributed by atoms with Gasteiger partial charge in [0.25, 0.3) is 5.56 Å². The summed E-state index contributed by atoms with van der Waals surface area (Å²) in [6.45, 7) is 2.04. The summed E-state index contributed by atoms with van der Waals surface area (Å²) in [5, 5.41) is 0.606. The minimum absolute atomic E-state index is 0.0729. The molecule has 32 heavy (non-hydrogen) atoms. The summed E-state index contributed by atoms with van der Waals surface area (Å²) in [6.07, 6.45) is 4.15. The minimum Gasteiger partial charge on any atom is -0.268 e. The van der Waals surface area contributed by atoms with E-state index in [-0.39, 0.29) is 5.56 Å². The predicted octanol–water partition coefficient (Wildman–Crippen LogP) is 6.53. The molecule has 154 valence electrons. The zero-order valence-electron chi connectivity index (χ0n) is 17.8. The number of hydrogen-bond acceptors (Lipinski definition) is 2. The van der Waals surface area contributed by atoms with Crippen molar-refractivity contribution in [3.8, 4) is 17.1 Å². The van der Waals surface area contributed by atoms with Crippen LogP contribution in [0.25, 0.3) is 40.1 Å². The van der Waals surface area contributed by atoms with Gasteiger partial charge >= 0.3 is 0 Å². The molecule has 0 radical (unpaired) electrons. The predicted molar refractivity (Wildman–Crippen MR) is 133 cm³/mol. The molecule has 0 spiro atoms. The maximum Gasteiger partial charge on any atom is 0.266 e. The zero-order chi connectivity index (χ0) is 21.9. The van der Waals surface area contributed by atoms with Gasteiger partial charge in [-0.15, -0.1) is 0 Å². The van der Waals surface area contributed by atoms with E-state index in [9.17, 15) is 4.79 Å². The Hall–Kier alpha value is -4.24. The van der Waals surface area contributed by atoms with E-state index in [1.807, 2.05) is 91.9 Å². The van der Waals surface area contributed by atoms with Crippen LogP contribution < -0.4 is 5.56 Å². The molecule has 0 N–H and O–H groups in total. The number of aromatic nitrogens is 2. The summed E-state index contributed by atoms with van der Waals surface area (Å²) < 4.78 is 1.72. The quantitative estimate of drug-likeness (QED) is 0.313. The fourth-order valence-electron chi connectivity index (χ4n) is 3.84. The molecule has 5 aromatic rings. The monoisotopic (exact) mass is 414 g/mol. The molecule has 0 amide bonds. The lowest BCUT2D eigenvalue weighted by Gasteiger charge is -2.15. The first-order valence-electron chi connectivity index (χ1n) is 10.6. The summed E-state index contributed by atoms with van der Waals surface area (Å²) in [7, 11) is 0. The summed E-state index contributed by atoms with van der Waals surface area (Å²) in [6, 6.07) is 33.7. The van der Waals surface area contributed by atoms with Gasteiger partial charge in [0.05, 0.1) is 16.6 Å². The van der Waals surface area contributed by atoms with Gasteiger partial charge in [-0.2, -0.15) is 0 Å². The molecule has 0 aliphatic heterocycles. The standard InChI is InChI=1S/C29H22N2O/c1-21-15-19-24(20-16-21)31-28(30-27-14-8-7-13-26(27)29(31)32)25-12-6-5-11-23(25)18-17-22-9-3-2-4-10-22/h2-20H,1H3/b18-17+. The van der Waals surface area contributed by atoms with Crippen molar-refractivity contribution in [1.29, 1.82) is 0 Å². The second kappa shape index (κ2) is 8.48. The first kappa shape index (κ1) is 19.7. The molecule has 3 heteroatoms. The van der Waals surface area contributed by atoms with Crippen LogP contribution in [-0.2, 0) is 0 Å². The van der Waals surface area contributed by atoms with Crippen LogP contribution in [0.5, 0.6) is 0 Å². The number of hydrogen-bond donors (Lipinski definition) is 0. The molecule has 0 saturated carbocycles. The molecule has 1 aromatic heterocycles. The Bertz CT molecular complexity index is 1480. The highest BCUT2D eigenvalue weighted by atomic mass is 16.1. The van der Waals surface area contributed by atoms with E-state index in [0.717, 1.165) is 27.9 Å². The first-order valence-corrected chi connectivity index (χ1v) is 10.6. The second-order valence-electron chi connectivity index (χ2n) is 7.76. The van der Waals surface area contributed by atoms with E-state index in [4.69, 9.17) is 4.98 Å². The lowest BCUT2D eigenvalue weighted by Crippen LogP contribution is -2.22. The zero-order valence-corrected chi connectivity index (χ0v) is 17.8. The van der Waals surface area contributed by atoms with Crippen LogP contribution in [0.2, 0.25) is 0 Å². The van der Waals surface area contributed by atoms with E-state index < -0.39 is 0 Å². The van der Waals surface area contributed by atoms with Crippen LogP contribution in [0.15, 0.2) is 108 Å². The third-order valence-corrected chi connectivity index (χ3v) is 5.52. The molecule has 4 aromatic carbocycles. The Morgan fingerprint density at radius 1 is 0.719 bits per heavy atom. The molecule has 5 rings (SSSR count). The second-order valence-corrected chi connectivity index (χ2v) is 7.76. The van der Waals surface area contributed by atoms with Crippen molar-refractivity contribution in [3.05, 3.63) is 130 Å². The van der Waals surface area contributed by atoms with Crippen molar-refractivity contribution in [2.24, 2.45) is 0 Å². The van der Waals surface area contributed by atoms with E-state index in [0.29, 0.717) is 16.7 Å². The average Bonchev–Trinajstić information content (AvgIpc) is 2.84. The fraction of sp³-hybridized carbons (Fsp3) is 0.0345. The SMILES string of the molecule is Cc1ccc(-n2c(-c3ccccc3/C=C/c3ccccc3)nc3ccccc3c2=O)cc1. The van der Waals surface area contributed by atoms with Crippen molar-refractivity contribution in [3.63, 3.8) is 0 Å². The normalized spacial score (nSPS) is 11.3. The van der Waals surface area contributed by atoms with Crippen LogP contribution in [0.4, 0.5) is 0 Å². The highest BCUT2D eigenvalue weighted by molar-refractivity contribution is 5.84. The Balaban J connectivity index is 1.76. The topological polar surface area (TPSA) is 34.9 Å². The number of fused-ring (bicyclic) bond motifs is 1. The number of benzene rings is 4. The number of rotatable bonds is 4. The maximum absolute atomic E-state index is 13.6.